The maximum atomic E-state index is 14.0. The van der Waals surface area contributed by atoms with Crippen LogP contribution in [-0.4, -0.2) is 71.4 Å². The van der Waals surface area contributed by atoms with Crippen LogP contribution < -0.4 is 26.1 Å². The number of aromatic nitrogens is 2. The molecule has 13 heteroatoms. The van der Waals surface area contributed by atoms with Crippen LogP contribution in [0.1, 0.15) is 100 Å². The Morgan fingerprint density at radius 1 is 0.852 bits per heavy atom. The molecular formula is C48H60N4O9. The van der Waals surface area contributed by atoms with E-state index < -0.39 is 41.4 Å². The third-order valence-corrected chi connectivity index (χ3v) is 13.5. The van der Waals surface area contributed by atoms with Gasteiger partial charge in [-0.1, -0.05) is 86.0 Å². The number of unbranched alkanes of at least 4 members (excludes halogenated alkanes) is 3. The maximum absolute atomic E-state index is 14.0. The minimum absolute atomic E-state index is 0.00983. The van der Waals surface area contributed by atoms with Crippen LogP contribution in [0.4, 0.5) is 0 Å². The van der Waals surface area contributed by atoms with E-state index in [-0.39, 0.29) is 17.9 Å². The van der Waals surface area contributed by atoms with Crippen LogP contribution in [0.3, 0.4) is 0 Å². The molecule has 1 amide bonds. The number of carbonyl (C=O) groups is 1. The number of H-pyrrole nitrogens is 1. The van der Waals surface area contributed by atoms with Crippen LogP contribution in [0, 0.1) is 23.2 Å². The molecule has 3 aromatic carbocycles. The van der Waals surface area contributed by atoms with Crippen molar-refractivity contribution in [1.29, 1.82) is 0 Å². The van der Waals surface area contributed by atoms with Gasteiger partial charge in [-0.05, 0) is 109 Å². The zero-order chi connectivity index (χ0) is 42.6. The zero-order valence-electron chi connectivity index (χ0n) is 35.5. The van der Waals surface area contributed by atoms with Gasteiger partial charge in [0.2, 0.25) is 5.91 Å². The predicted molar refractivity (Wildman–Crippen MR) is 229 cm³/mol. The summed E-state index contributed by atoms with van der Waals surface area (Å²) in [6.45, 7) is 2.34. The number of amides is 1. The van der Waals surface area contributed by atoms with Gasteiger partial charge in [-0.25, -0.2) is 4.79 Å². The van der Waals surface area contributed by atoms with Crippen molar-refractivity contribution in [3.05, 3.63) is 129 Å². The van der Waals surface area contributed by atoms with Crippen LogP contribution in [0.15, 0.2) is 101 Å². The average molecular weight is 837 g/mol. The monoisotopic (exact) mass is 836 g/mol. The van der Waals surface area contributed by atoms with E-state index in [1.165, 1.54) is 41.3 Å². The van der Waals surface area contributed by atoms with E-state index in [1.807, 2.05) is 78.9 Å². The van der Waals surface area contributed by atoms with E-state index in [0.717, 1.165) is 61.6 Å². The summed E-state index contributed by atoms with van der Waals surface area (Å²) < 4.78 is 25.9. The number of aliphatic hydroxyl groups excluding tert-OH is 1. The number of aromatic amines is 1. The highest BCUT2D eigenvalue weighted by Gasteiger charge is 2.52. The molecule has 4 bridgehead atoms. The first-order valence-corrected chi connectivity index (χ1v) is 22.0. The lowest BCUT2D eigenvalue weighted by Gasteiger charge is -2.56. The highest BCUT2D eigenvalue weighted by molar-refractivity contribution is 5.76. The van der Waals surface area contributed by atoms with Gasteiger partial charge >= 0.3 is 5.69 Å². The fourth-order valence-corrected chi connectivity index (χ4v) is 11.1. The van der Waals surface area contributed by atoms with Gasteiger partial charge in [0.25, 0.3) is 5.56 Å². The summed E-state index contributed by atoms with van der Waals surface area (Å²) in [5.74, 6) is 3.35. The third-order valence-electron chi connectivity index (χ3n) is 13.5. The Morgan fingerprint density at radius 3 is 2.00 bits per heavy atom. The summed E-state index contributed by atoms with van der Waals surface area (Å²) in [4.78, 5) is 48.5. The second-order valence-electron chi connectivity index (χ2n) is 17.8. The Hall–Kier alpha value is -4.79. The Kier molecular flexibility index (Phi) is 13.1. The van der Waals surface area contributed by atoms with Crippen molar-refractivity contribution in [2.75, 3.05) is 27.4 Å². The maximum Gasteiger partial charge on any atom is 0.330 e. The fourth-order valence-electron chi connectivity index (χ4n) is 11.1. The molecule has 1 aliphatic heterocycles. The summed E-state index contributed by atoms with van der Waals surface area (Å²) >= 11 is 0. The molecule has 326 valence electrons. The molecule has 2 heterocycles. The highest BCUT2D eigenvalue weighted by Crippen LogP contribution is 2.61. The Balaban J connectivity index is 1.10. The molecule has 9 rings (SSSR count). The summed E-state index contributed by atoms with van der Waals surface area (Å²) in [6, 6.07) is 26.3. The van der Waals surface area contributed by atoms with Gasteiger partial charge < -0.3 is 24.1 Å². The first-order chi connectivity index (χ1) is 29.6. The van der Waals surface area contributed by atoms with Crippen LogP contribution in [-0.2, 0) is 24.7 Å². The van der Waals surface area contributed by atoms with Gasteiger partial charge in [0.1, 0.15) is 29.3 Å². The fraction of sp³-hybridized carbons (Fsp3) is 0.521. The first kappa shape index (κ1) is 42.9. The molecule has 5 aliphatic rings. The van der Waals surface area contributed by atoms with Crippen LogP contribution in [0.25, 0.3) is 0 Å². The topological polar surface area (TPSA) is 154 Å². The van der Waals surface area contributed by atoms with Crippen molar-refractivity contribution in [2.24, 2.45) is 23.2 Å². The quantitative estimate of drug-likeness (QED) is 0.0533. The number of carbonyl (C=O) groups excluding carboxylic acids is 1. The second kappa shape index (κ2) is 18.7. The number of aliphatic hydroxyl groups is 1. The number of hydroxylamine groups is 1. The molecule has 13 nitrogen and oxygen atoms in total. The molecule has 0 unspecified atom stereocenters. The van der Waals surface area contributed by atoms with Crippen molar-refractivity contribution in [1.82, 2.24) is 20.1 Å². The average Bonchev–Trinajstić information content (AvgIpc) is 3.55. The summed E-state index contributed by atoms with van der Waals surface area (Å²) in [5, 5.41) is 13.7. The number of hydrazine groups is 1. The van der Waals surface area contributed by atoms with Crippen molar-refractivity contribution in [3.63, 3.8) is 0 Å². The molecule has 4 atom stereocenters. The first-order valence-electron chi connectivity index (χ1n) is 22.0. The van der Waals surface area contributed by atoms with Crippen molar-refractivity contribution in [3.8, 4) is 11.5 Å². The lowest BCUT2D eigenvalue weighted by molar-refractivity contribution is -0.258. The molecule has 3 N–H and O–H groups in total. The Labute approximate surface area is 357 Å². The summed E-state index contributed by atoms with van der Waals surface area (Å²) in [7, 11) is 3.23. The van der Waals surface area contributed by atoms with Crippen molar-refractivity contribution in [2.45, 2.75) is 108 Å². The lowest BCUT2D eigenvalue weighted by Crippen LogP contribution is -2.52. The van der Waals surface area contributed by atoms with Gasteiger partial charge in [-0.15, -0.1) is 0 Å². The molecule has 4 saturated carbocycles. The van der Waals surface area contributed by atoms with Crippen molar-refractivity contribution >= 4 is 5.91 Å². The SMILES string of the molecule is CCCCCCN(NC(=O)CC12CC3CC(CC(C3)C1)C2)O[C@@H]1[C@H](O)[C@@H](COC(c2ccccc2)(c2ccc(OC)cc2)c2ccc(OC)cc2)O[C@H]1n1ccc(=O)[nH]c1=O. The molecule has 4 aromatic rings. The number of hydrogen-bond donors (Lipinski definition) is 3. The molecule has 1 saturated heterocycles. The lowest BCUT2D eigenvalue weighted by atomic mass is 9.49. The summed E-state index contributed by atoms with van der Waals surface area (Å²) in [5.41, 5.74) is 2.97. The number of nitrogens with one attached hydrogen (secondary N) is 2. The molecular weight excluding hydrogens is 777 g/mol. The number of benzene rings is 3. The second-order valence-corrected chi connectivity index (χ2v) is 17.8. The van der Waals surface area contributed by atoms with Crippen LogP contribution in [0.5, 0.6) is 11.5 Å². The van der Waals surface area contributed by atoms with Gasteiger partial charge in [-0.3, -0.25) is 29.4 Å². The largest absolute Gasteiger partial charge is 0.497 e. The normalized spacial score (nSPS) is 26.7. The number of hydrogen-bond acceptors (Lipinski definition) is 10. The van der Waals surface area contributed by atoms with Gasteiger partial charge in [-0.2, -0.15) is 0 Å². The number of ether oxygens (including phenoxy) is 4. The predicted octanol–water partition coefficient (Wildman–Crippen LogP) is 6.64. The van der Waals surface area contributed by atoms with Gasteiger partial charge in [0.15, 0.2) is 12.3 Å². The van der Waals surface area contributed by atoms with E-state index in [4.69, 9.17) is 23.8 Å². The van der Waals surface area contributed by atoms with E-state index in [1.54, 1.807) is 14.2 Å². The molecule has 4 aliphatic carbocycles. The number of nitrogens with zero attached hydrogens (tertiary/aromatic N) is 2. The molecule has 5 fully saturated rings. The molecule has 1 aromatic heterocycles. The standard InChI is InChI=1S/C48H60N4O9/c1-4-5-6-10-22-52(50-42(54)30-47-27-32-24-33(28-47)26-34(25-32)29-47)61-44-43(55)40(60-45(44)51-23-21-41(53)49-46(51)56)31-59-48(35-11-8-7-9-12-35,36-13-17-38(57-2)18-14-36)37-15-19-39(58-3)20-16-37/h7-9,11-21,23,32-34,40,43-45,55H,4-6,10,22,24-31H2,1-3H3,(H,50,54)(H,49,53,56)/t32?,33?,34?,40-,43-,44-,45-,47?/m1/s1. The van der Waals surface area contributed by atoms with Crippen LogP contribution in [0.2, 0.25) is 0 Å². The third kappa shape index (κ3) is 9.22. The molecule has 0 radical (unpaired) electrons. The Morgan fingerprint density at radius 2 is 1.44 bits per heavy atom. The van der Waals surface area contributed by atoms with Crippen LogP contribution >= 0.6 is 0 Å². The Bertz CT molecular complexity index is 2110. The minimum Gasteiger partial charge on any atom is -0.497 e. The minimum atomic E-state index is -1.35. The van der Waals surface area contributed by atoms with E-state index in [0.29, 0.717) is 42.2 Å². The summed E-state index contributed by atoms with van der Waals surface area (Å²) in [6.07, 6.45) is 7.84. The van der Waals surface area contributed by atoms with Crippen molar-refractivity contribution < 1.29 is 33.7 Å². The molecule has 61 heavy (non-hydrogen) atoms. The highest BCUT2D eigenvalue weighted by atomic mass is 16.7. The smallest absolute Gasteiger partial charge is 0.330 e. The number of methoxy groups -OCH3 is 2. The van der Waals surface area contributed by atoms with E-state index >= 15 is 0 Å². The van der Waals surface area contributed by atoms with Gasteiger partial charge in [0, 0.05) is 25.2 Å². The van der Waals surface area contributed by atoms with E-state index in [2.05, 4.69) is 17.3 Å². The zero-order valence-corrected chi connectivity index (χ0v) is 35.5. The van der Waals surface area contributed by atoms with Gasteiger partial charge in [0.05, 0.1) is 20.8 Å². The molecule has 0 spiro atoms. The van der Waals surface area contributed by atoms with E-state index in [9.17, 15) is 19.5 Å². The number of rotatable bonds is 19.